The summed E-state index contributed by atoms with van der Waals surface area (Å²) < 4.78 is 5.58. The second-order valence-corrected chi connectivity index (χ2v) is 4.52. The van der Waals surface area contributed by atoms with Crippen LogP contribution in [0.5, 0.6) is 5.75 Å². The van der Waals surface area contributed by atoms with E-state index >= 15 is 0 Å². The Hall–Kier alpha value is -1.42. The molecule has 0 spiro atoms. The van der Waals surface area contributed by atoms with Gasteiger partial charge in [0.15, 0.2) is 5.96 Å². The summed E-state index contributed by atoms with van der Waals surface area (Å²) >= 11 is 5.80. The smallest absolute Gasteiger partial charge is 0.191 e. The molecule has 2 N–H and O–H groups in total. The summed E-state index contributed by atoms with van der Waals surface area (Å²) in [5.74, 6) is 1.63. The summed E-state index contributed by atoms with van der Waals surface area (Å²) in [6, 6.07) is 7.35. The first-order valence-corrected chi connectivity index (χ1v) is 6.97. The van der Waals surface area contributed by atoms with Crippen LogP contribution in [0, 0.1) is 0 Å². The number of aliphatic imine (C=N–C) groups is 1. The molecule has 0 heterocycles. The summed E-state index contributed by atoms with van der Waals surface area (Å²) in [5.41, 5.74) is 0. The van der Waals surface area contributed by atoms with Gasteiger partial charge in [0.1, 0.15) is 12.4 Å². The Balaban J connectivity index is 2.16. The van der Waals surface area contributed by atoms with E-state index in [-0.39, 0.29) is 0 Å². The van der Waals surface area contributed by atoms with E-state index in [2.05, 4.69) is 22.5 Å². The van der Waals surface area contributed by atoms with Crippen molar-refractivity contribution in [2.24, 2.45) is 4.99 Å². The Morgan fingerprint density at radius 2 is 1.89 bits per heavy atom. The van der Waals surface area contributed by atoms with Crippen LogP contribution in [-0.4, -0.2) is 32.7 Å². The normalized spacial score (nSPS) is 11.2. The van der Waals surface area contributed by atoms with E-state index in [1.54, 1.807) is 7.05 Å². The first-order valence-electron chi connectivity index (χ1n) is 6.59. The number of benzene rings is 1. The average molecular weight is 284 g/mol. The second-order valence-electron chi connectivity index (χ2n) is 4.08. The van der Waals surface area contributed by atoms with Gasteiger partial charge in [0, 0.05) is 18.6 Å². The van der Waals surface area contributed by atoms with Crippen molar-refractivity contribution >= 4 is 17.6 Å². The number of hydrogen-bond donors (Lipinski definition) is 2. The quantitative estimate of drug-likeness (QED) is 0.459. The zero-order valence-corrected chi connectivity index (χ0v) is 12.3. The molecule has 5 heteroatoms. The number of unbranched alkanes of at least 4 members (excludes halogenated alkanes) is 1. The zero-order chi connectivity index (χ0) is 13.9. The van der Waals surface area contributed by atoms with Gasteiger partial charge in [-0.1, -0.05) is 24.9 Å². The molecule has 0 unspecified atom stereocenters. The van der Waals surface area contributed by atoms with Crippen molar-refractivity contribution in [3.8, 4) is 5.75 Å². The molecule has 0 aliphatic heterocycles. The van der Waals surface area contributed by atoms with Gasteiger partial charge in [-0.15, -0.1) is 0 Å². The van der Waals surface area contributed by atoms with Crippen LogP contribution in [0.3, 0.4) is 0 Å². The summed E-state index contributed by atoms with van der Waals surface area (Å²) in [7, 11) is 1.77. The van der Waals surface area contributed by atoms with Gasteiger partial charge in [0.05, 0.1) is 6.54 Å². The minimum Gasteiger partial charge on any atom is -0.492 e. The van der Waals surface area contributed by atoms with Crippen LogP contribution < -0.4 is 15.4 Å². The largest absolute Gasteiger partial charge is 0.492 e. The molecule has 1 aromatic carbocycles. The third kappa shape index (κ3) is 6.91. The molecule has 0 aliphatic rings. The average Bonchev–Trinajstić information content (AvgIpc) is 2.43. The molecule has 106 valence electrons. The highest BCUT2D eigenvalue weighted by molar-refractivity contribution is 6.30. The Morgan fingerprint density at radius 1 is 1.21 bits per heavy atom. The predicted octanol–water partition coefficient (Wildman–Crippen LogP) is 2.68. The lowest BCUT2D eigenvalue weighted by Gasteiger charge is -2.12. The number of halogens is 1. The summed E-state index contributed by atoms with van der Waals surface area (Å²) in [6.45, 7) is 4.39. The van der Waals surface area contributed by atoms with E-state index in [0.717, 1.165) is 24.7 Å². The highest BCUT2D eigenvalue weighted by Gasteiger charge is 1.97. The summed E-state index contributed by atoms with van der Waals surface area (Å²) in [5, 5.41) is 7.15. The molecule has 0 aliphatic carbocycles. The fourth-order valence-corrected chi connectivity index (χ4v) is 1.60. The SMILES string of the molecule is CCCCNC(=NC)NCCOc1ccc(Cl)cc1. The minimum absolute atomic E-state index is 0.579. The van der Waals surface area contributed by atoms with E-state index in [0.29, 0.717) is 18.2 Å². The Morgan fingerprint density at radius 3 is 2.53 bits per heavy atom. The lowest BCUT2D eigenvalue weighted by molar-refractivity contribution is 0.322. The molecule has 4 nitrogen and oxygen atoms in total. The van der Waals surface area contributed by atoms with Gasteiger partial charge in [-0.25, -0.2) is 0 Å². The Bertz CT molecular complexity index is 379. The maximum atomic E-state index is 5.80. The lowest BCUT2D eigenvalue weighted by Crippen LogP contribution is -2.39. The van der Waals surface area contributed by atoms with E-state index < -0.39 is 0 Å². The molecular weight excluding hydrogens is 262 g/mol. The van der Waals surface area contributed by atoms with Crippen molar-refractivity contribution in [1.29, 1.82) is 0 Å². The fraction of sp³-hybridized carbons (Fsp3) is 0.500. The van der Waals surface area contributed by atoms with Crippen molar-refractivity contribution in [1.82, 2.24) is 10.6 Å². The first-order chi connectivity index (χ1) is 9.26. The topological polar surface area (TPSA) is 45.7 Å². The highest BCUT2D eigenvalue weighted by Crippen LogP contribution is 2.14. The van der Waals surface area contributed by atoms with Crippen molar-refractivity contribution in [3.05, 3.63) is 29.3 Å². The van der Waals surface area contributed by atoms with Gasteiger partial charge < -0.3 is 15.4 Å². The maximum absolute atomic E-state index is 5.80. The monoisotopic (exact) mass is 283 g/mol. The van der Waals surface area contributed by atoms with Crippen molar-refractivity contribution in [2.45, 2.75) is 19.8 Å². The van der Waals surface area contributed by atoms with Crippen LogP contribution in [0.15, 0.2) is 29.3 Å². The molecule has 0 amide bonds. The van der Waals surface area contributed by atoms with Gasteiger partial charge in [0.2, 0.25) is 0 Å². The van der Waals surface area contributed by atoms with Crippen LogP contribution in [0.1, 0.15) is 19.8 Å². The van der Waals surface area contributed by atoms with Crippen LogP contribution >= 0.6 is 11.6 Å². The van der Waals surface area contributed by atoms with Gasteiger partial charge in [-0.05, 0) is 30.7 Å². The number of nitrogens with one attached hydrogen (secondary N) is 2. The van der Waals surface area contributed by atoms with Crippen molar-refractivity contribution in [3.63, 3.8) is 0 Å². The van der Waals surface area contributed by atoms with Gasteiger partial charge >= 0.3 is 0 Å². The molecular formula is C14H22ClN3O. The summed E-state index contributed by atoms with van der Waals surface area (Å²) in [4.78, 5) is 4.14. The molecule has 0 radical (unpaired) electrons. The first kappa shape index (κ1) is 15.6. The van der Waals surface area contributed by atoms with E-state index in [9.17, 15) is 0 Å². The maximum Gasteiger partial charge on any atom is 0.191 e. The zero-order valence-electron chi connectivity index (χ0n) is 11.6. The number of guanidine groups is 1. The van der Waals surface area contributed by atoms with Crippen LogP contribution in [0.4, 0.5) is 0 Å². The molecule has 0 saturated heterocycles. The summed E-state index contributed by atoms with van der Waals surface area (Å²) in [6.07, 6.45) is 2.31. The van der Waals surface area contributed by atoms with Crippen molar-refractivity contribution in [2.75, 3.05) is 26.7 Å². The molecule has 1 rings (SSSR count). The van der Waals surface area contributed by atoms with Crippen molar-refractivity contribution < 1.29 is 4.74 Å². The predicted molar refractivity (Wildman–Crippen MR) is 81.2 cm³/mol. The van der Waals surface area contributed by atoms with E-state index in [4.69, 9.17) is 16.3 Å². The third-order valence-corrected chi connectivity index (χ3v) is 2.78. The van der Waals surface area contributed by atoms with Gasteiger partial charge in [-0.2, -0.15) is 0 Å². The molecule has 19 heavy (non-hydrogen) atoms. The standard InChI is InChI=1S/C14H22ClN3O/c1-3-4-9-17-14(16-2)18-10-11-19-13-7-5-12(15)6-8-13/h5-8H,3-4,9-11H2,1-2H3,(H2,16,17,18). The highest BCUT2D eigenvalue weighted by atomic mass is 35.5. The van der Waals surface area contributed by atoms with E-state index in [1.807, 2.05) is 24.3 Å². The molecule has 1 aromatic rings. The van der Waals surface area contributed by atoms with Gasteiger partial charge in [-0.3, -0.25) is 4.99 Å². The van der Waals surface area contributed by atoms with Gasteiger partial charge in [0.25, 0.3) is 0 Å². The Kier molecular flexibility index (Phi) is 7.82. The van der Waals surface area contributed by atoms with Crippen LogP contribution in [0.2, 0.25) is 5.02 Å². The molecule has 0 saturated carbocycles. The van der Waals surface area contributed by atoms with Crippen LogP contribution in [-0.2, 0) is 0 Å². The molecule has 0 bridgehead atoms. The third-order valence-electron chi connectivity index (χ3n) is 2.52. The van der Waals surface area contributed by atoms with E-state index in [1.165, 1.54) is 6.42 Å². The minimum atomic E-state index is 0.579. The molecule has 0 atom stereocenters. The number of nitrogens with zero attached hydrogens (tertiary/aromatic N) is 1. The lowest BCUT2D eigenvalue weighted by atomic mass is 10.3. The second kappa shape index (κ2) is 9.50. The molecule has 0 aromatic heterocycles. The Labute approximate surface area is 120 Å². The number of ether oxygens (including phenoxy) is 1. The fourth-order valence-electron chi connectivity index (χ4n) is 1.47. The molecule has 0 fully saturated rings. The van der Waals surface area contributed by atoms with Crippen LogP contribution in [0.25, 0.3) is 0 Å². The number of hydrogen-bond acceptors (Lipinski definition) is 2. The number of rotatable bonds is 7.